The molecule has 0 bridgehead atoms. The van der Waals surface area contributed by atoms with Gasteiger partial charge in [-0.3, -0.25) is 19.2 Å². The first kappa shape index (κ1) is 29.1. The number of nitrogens with zero attached hydrogens (tertiary/aromatic N) is 1. The Balaban J connectivity index is 1.41. The summed E-state index contributed by atoms with van der Waals surface area (Å²) in [7, 11) is 0. The third-order valence-corrected chi connectivity index (χ3v) is 7.36. The summed E-state index contributed by atoms with van der Waals surface area (Å²) in [5.41, 5.74) is 2.38. The van der Waals surface area contributed by atoms with Gasteiger partial charge in [-0.1, -0.05) is 44.2 Å². The lowest BCUT2D eigenvalue weighted by Gasteiger charge is -2.31. The lowest BCUT2D eigenvalue weighted by atomic mass is 10.0. The fourth-order valence-corrected chi connectivity index (χ4v) is 5.14. The van der Waals surface area contributed by atoms with E-state index in [0.29, 0.717) is 36.1 Å². The van der Waals surface area contributed by atoms with Crippen LogP contribution in [-0.2, 0) is 30.5 Å². The second-order valence-electron chi connectivity index (χ2n) is 10.8. The van der Waals surface area contributed by atoms with Crippen molar-refractivity contribution in [2.75, 3.05) is 6.54 Å². The van der Waals surface area contributed by atoms with E-state index in [-0.39, 0.29) is 36.5 Å². The third-order valence-electron chi connectivity index (χ3n) is 7.36. The molecular formula is C30H37N3O7. The van der Waals surface area contributed by atoms with Gasteiger partial charge >= 0.3 is 5.97 Å². The lowest BCUT2D eigenvalue weighted by Crippen LogP contribution is -2.56. The Kier molecular flexibility index (Phi) is 9.09. The number of benzene rings is 2. The quantitative estimate of drug-likeness (QED) is 0.408. The molecule has 0 spiro atoms. The Hall–Kier alpha value is -3.92. The predicted molar refractivity (Wildman–Crippen MR) is 146 cm³/mol. The van der Waals surface area contributed by atoms with E-state index in [0.717, 1.165) is 5.56 Å². The largest absolute Gasteiger partial charge is 0.507 e. The average Bonchev–Trinajstić information content (AvgIpc) is 3.55. The molecule has 4 rings (SSSR count). The molecule has 10 nitrogen and oxygen atoms in total. The maximum Gasteiger partial charge on any atom is 0.310 e. The van der Waals surface area contributed by atoms with Crippen LogP contribution in [0.15, 0.2) is 42.5 Å². The molecule has 10 heteroatoms. The number of ether oxygens (including phenoxy) is 2. The molecule has 3 amide bonds. The normalized spacial score (nSPS) is 21.3. The van der Waals surface area contributed by atoms with Crippen molar-refractivity contribution >= 4 is 23.7 Å². The number of cyclic esters (lactones) is 1. The van der Waals surface area contributed by atoms with Gasteiger partial charge < -0.3 is 30.1 Å². The maximum absolute atomic E-state index is 13.7. The van der Waals surface area contributed by atoms with Crippen LogP contribution < -0.4 is 10.6 Å². The Morgan fingerprint density at radius 2 is 1.80 bits per heavy atom. The van der Waals surface area contributed by atoms with Crippen molar-refractivity contribution < 1.29 is 33.8 Å². The molecule has 2 heterocycles. The number of aryl methyl sites for hydroxylation is 2. The molecule has 2 aliphatic heterocycles. The number of amides is 3. The van der Waals surface area contributed by atoms with Crippen molar-refractivity contribution in [1.29, 1.82) is 0 Å². The minimum absolute atomic E-state index is 0.0258. The second-order valence-corrected chi connectivity index (χ2v) is 10.8. The number of hydrogen-bond donors (Lipinski definition) is 3. The van der Waals surface area contributed by atoms with Crippen molar-refractivity contribution in [2.45, 2.75) is 78.0 Å². The highest BCUT2D eigenvalue weighted by molar-refractivity contribution is 5.99. The second kappa shape index (κ2) is 12.5. The Bertz CT molecular complexity index is 1240. The molecule has 0 saturated carbocycles. The van der Waals surface area contributed by atoms with Crippen LogP contribution in [0.1, 0.15) is 60.2 Å². The molecule has 1 unspecified atom stereocenters. The van der Waals surface area contributed by atoms with Gasteiger partial charge in [-0.05, 0) is 61.4 Å². The molecule has 4 atom stereocenters. The van der Waals surface area contributed by atoms with E-state index in [1.807, 2.05) is 44.2 Å². The van der Waals surface area contributed by atoms with Gasteiger partial charge in [-0.25, -0.2) is 0 Å². The molecule has 2 aromatic carbocycles. The van der Waals surface area contributed by atoms with E-state index in [2.05, 4.69) is 10.6 Å². The highest BCUT2D eigenvalue weighted by atomic mass is 16.7. The molecule has 0 aliphatic carbocycles. The Labute approximate surface area is 234 Å². The number of carbonyl (C=O) groups is 4. The first-order valence-corrected chi connectivity index (χ1v) is 13.6. The zero-order valence-corrected chi connectivity index (χ0v) is 23.3. The highest BCUT2D eigenvalue weighted by Crippen LogP contribution is 2.25. The van der Waals surface area contributed by atoms with Crippen LogP contribution in [0.3, 0.4) is 0 Å². The van der Waals surface area contributed by atoms with Crippen LogP contribution in [0.5, 0.6) is 5.75 Å². The minimum Gasteiger partial charge on any atom is -0.507 e. The summed E-state index contributed by atoms with van der Waals surface area (Å²) in [5, 5.41) is 15.7. The summed E-state index contributed by atoms with van der Waals surface area (Å²) >= 11 is 0. The Morgan fingerprint density at radius 3 is 2.45 bits per heavy atom. The van der Waals surface area contributed by atoms with Crippen LogP contribution in [0.2, 0.25) is 0 Å². The van der Waals surface area contributed by atoms with E-state index in [9.17, 15) is 24.3 Å². The molecule has 2 aromatic rings. The first-order valence-electron chi connectivity index (χ1n) is 13.6. The summed E-state index contributed by atoms with van der Waals surface area (Å²) in [6.45, 7) is 7.67. The van der Waals surface area contributed by atoms with Gasteiger partial charge in [0, 0.05) is 12.1 Å². The van der Waals surface area contributed by atoms with Crippen LogP contribution in [0, 0.1) is 19.8 Å². The van der Waals surface area contributed by atoms with Crippen LogP contribution >= 0.6 is 0 Å². The van der Waals surface area contributed by atoms with Crippen molar-refractivity contribution in [2.24, 2.45) is 5.92 Å². The van der Waals surface area contributed by atoms with Crippen molar-refractivity contribution in [3.05, 3.63) is 64.7 Å². The molecule has 40 heavy (non-hydrogen) atoms. The standard InChI is InChI=1S/C30H37N3O7/c1-17(2)25(32-27(36)21-13-18(3)26(35)19(4)14-21)29(38)33-12-8-11-23(33)28(37)31-22-15-24(34)40-30(22)39-16-20-9-6-5-7-10-20/h5-7,9-10,13-14,17,22-23,25,30,35H,8,11-12,15-16H2,1-4H3,(H,31,37)(H,32,36)/t22-,23-,25-,30?/m0/s1. The number of phenolic OH excluding ortho intramolecular Hbond substituents is 1. The number of rotatable bonds is 9. The summed E-state index contributed by atoms with van der Waals surface area (Å²) in [6.07, 6.45) is 0.140. The fraction of sp³-hybridized carbons (Fsp3) is 0.467. The number of aromatic hydroxyl groups is 1. The molecule has 3 N–H and O–H groups in total. The lowest BCUT2D eigenvalue weighted by molar-refractivity contribution is -0.168. The fourth-order valence-electron chi connectivity index (χ4n) is 5.14. The van der Waals surface area contributed by atoms with E-state index < -0.39 is 36.3 Å². The monoisotopic (exact) mass is 551 g/mol. The summed E-state index contributed by atoms with van der Waals surface area (Å²) in [4.78, 5) is 53.6. The van der Waals surface area contributed by atoms with Crippen LogP contribution in [0.25, 0.3) is 0 Å². The van der Waals surface area contributed by atoms with Gasteiger partial charge in [0.1, 0.15) is 23.9 Å². The van der Waals surface area contributed by atoms with Gasteiger partial charge in [0.05, 0.1) is 13.0 Å². The van der Waals surface area contributed by atoms with Gasteiger partial charge in [0.15, 0.2) is 0 Å². The highest BCUT2D eigenvalue weighted by Gasteiger charge is 2.42. The number of carbonyl (C=O) groups excluding carboxylic acids is 4. The summed E-state index contributed by atoms with van der Waals surface area (Å²) in [5.74, 6) is -1.74. The molecule has 0 aromatic heterocycles. The first-order chi connectivity index (χ1) is 19.0. The van der Waals surface area contributed by atoms with E-state index in [1.165, 1.54) is 4.90 Å². The molecular weight excluding hydrogens is 514 g/mol. The van der Waals surface area contributed by atoms with Gasteiger partial charge in [-0.2, -0.15) is 0 Å². The molecule has 2 saturated heterocycles. The maximum atomic E-state index is 13.7. The molecule has 214 valence electrons. The predicted octanol–water partition coefficient (Wildman–Crippen LogP) is 2.73. The number of nitrogens with one attached hydrogen (secondary N) is 2. The number of esters is 1. The molecule has 0 radical (unpaired) electrons. The number of phenols is 1. The van der Waals surface area contributed by atoms with Crippen molar-refractivity contribution in [3.63, 3.8) is 0 Å². The van der Waals surface area contributed by atoms with Gasteiger partial charge in [0.2, 0.25) is 18.1 Å². The van der Waals surface area contributed by atoms with Crippen molar-refractivity contribution in [1.82, 2.24) is 15.5 Å². The van der Waals surface area contributed by atoms with Gasteiger partial charge in [0.25, 0.3) is 5.91 Å². The zero-order valence-electron chi connectivity index (χ0n) is 23.3. The van der Waals surface area contributed by atoms with Crippen LogP contribution in [0.4, 0.5) is 0 Å². The molecule has 2 aliphatic rings. The summed E-state index contributed by atoms with van der Waals surface area (Å²) < 4.78 is 11.1. The SMILES string of the molecule is Cc1cc(C(=O)N[C@H](C(=O)N2CCC[C@H]2C(=O)N[C@H]2CC(=O)OC2OCc2ccccc2)C(C)C)cc(C)c1O. The smallest absolute Gasteiger partial charge is 0.310 e. The van der Waals surface area contributed by atoms with E-state index in [1.54, 1.807) is 26.0 Å². The topological polar surface area (TPSA) is 134 Å². The van der Waals surface area contributed by atoms with Crippen molar-refractivity contribution in [3.8, 4) is 5.75 Å². The Morgan fingerprint density at radius 1 is 1.12 bits per heavy atom. The number of likely N-dealkylation sites (tertiary alicyclic amines) is 1. The average molecular weight is 552 g/mol. The van der Waals surface area contributed by atoms with E-state index in [4.69, 9.17) is 9.47 Å². The third kappa shape index (κ3) is 6.62. The van der Waals surface area contributed by atoms with Crippen LogP contribution in [-0.4, -0.2) is 64.7 Å². The number of hydrogen-bond acceptors (Lipinski definition) is 7. The summed E-state index contributed by atoms with van der Waals surface area (Å²) in [6, 6.07) is 10.3. The minimum atomic E-state index is -0.929. The molecule has 2 fully saturated rings. The van der Waals surface area contributed by atoms with E-state index >= 15 is 0 Å². The van der Waals surface area contributed by atoms with Gasteiger partial charge in [-0.15, -0.1) is 0 Å². The zero-order chi connectivity index (χ0) is 29.0.